The van der Waals surface area contributed by atoms with Crippen LogP contribution in [-0.4, -0.2) is 37.7 Å². The van der Waals surface area contributed by atoms with Crippen molar-refractivity contribution in [3.63, 3.8) is 0 Å². The second-order valence-corrected chi connectivity index (χ2v) is 5.21. The maximum atomic E-state index is 6.24. The van der Waals surface area contributed by atoms with E-state index in [0.29, 0.717) is 5.02 Å². The smallest absolute Gasteiger partial charge is 0.147 e. The van der Waals surface area contributed by atoms with Crippen molar-refractivity contribution in [3.8, 4) is 0 Å². The first-order valence-electron chi connectivity index (χ1n) is 6.74. The lowest BCUT2D eigenvalue weighted by molar-refractivity contribution is 0.206. The second kappa shape index (κ2) is 5.76. The van der Waals surface area contributed by atoms with Gasteiger partial charge in [-0.25, -0.2) is 4.98 Å². The van der Waals surface area contributed by atoms with Gasteiger partial charge in [-0.15, -0.1) is 10.2 Å². The highest BCUT2D eigenvalue weighted by Crippen LogP contribution is 2.20. The maximum absolute atomic E-state index is 6.24. The molecule has 2 aromatic rings. The van der Waals surface area contributed by atoms with Crippen molar-refractivity contribution in [2.24, 2.45) is 0 Å². The van der Waals surface area contributed by atoms with Gasteiger partial charge in [-0.05, 0) is 19.1 Å². The van der Waals surface area contributed by atoms with Gasteiger partial charge in [0.1, 0.15) is 18.0 Å². The average molecular weight is 293 g/mol. The summed E-state index contributed by atoms with van der Waals surface area (Å²) in [7, 11) is 0. The molecule has 0 amide bonds. The predicted molar refractivity (Wildman–Crippen MR) is 77.5 cm³/mol. The molecule has 0 spiro atoms. The number of nitrogens with one attached hydrogen (secondary N) is 1. The molecule has 0 atom stereocenters. The number of hydrogen-bond donors (Lipinski definition) is 1. The van der Waals surface area contributed by atoms with Crippen molar-refractivity contribution in [1.29, 1.82) is 0 Å². The third-order valence-corrected chi connectivity index (χ3v) is 3.71. The predicted octanol–water partition coefficient (Wildman–Crippen LogP) is 1.77. The van der Waals surface area contributed by atoms with Gasteiger partial charge >= 0.3 is 0 Å². The Morgan fingerprint density at radius 1 is 1.35 bits per heavy atom. The molecule has 0 radical (unpaired) electrons. The first kappa shape index (κ1) is 13.3. The highest BCUT2D eigenvalue weighted by atomic mass is 35.5. The number of nitrogens with zero attached hydrogens (tertiary/aromatic N) is 5. The highest BCUT2D eigenvalue weighted by Gasteiger charge is 2.19. The molecule has 3 rings (SSSR count). The molecule has 0 fully saturated rings. The number of aromatic nitrogens is 4. The number of fused-ring (bicyclic) bond motifs is 1. The molecule has 3 heterocycles. The Bertz CT molecular complexity index is 596. The van der Waals surface area contributed by atoms with Crippen LogP contribution in [0.3, 0.4) is 0 Å². The quantitative estimate of drug-likeness (QED) is 0.931. The van der Waals surface area contributed by atoms with Crippen molar-refractivity contribution in [2.75, 3.05) is 18.4 Å². The third-order valence-electron chi connectivity index (χ3n) is 3.37. The molecule has 0 saturated carbocycles. The van der Waals surface area contributed by atoms with Crippen LogP contribution >= 0.6 is 11.6 Å². The minimum atomic E-state index is 0.707. The SMILES string of the molecule is CCNc1ccc(Cl)c(CN2CCn3cnnc3C2)n1. The molecule has 1 N–H and O–H groups in total. The summed E-state index contributed by atoms with van der Waals surface area (Å²) in [6.07, 6.45) is 1.78. The maximum Gasteiger partial charge on any atom is 0.147 e. The van der Waals surface area contributed by atoms with E-state index < -0.39 is 0 Å². The van der Waals surface area contributed by atoms with Gasteiger partial charge < -0.3 is 9.88 Å². The molecule has 7 heteroatoms. The van der Waals surface area contributed by atoms with Gasteiger partial charge in [0.15, 0.2) is 0 Å². The van der Waals surface area contributed by atoms with Gasteiger partial charge in [0.05, 0.1) is 17.3 Å². The standard InChI is InChI=1S/C13H17ClN6/c1-2-15-12-4-3-10(14)11(17-12)7-19-5-6-20-9-16-18-13(20)8-19/h3-4,9H,2,5-8H2,1H3,(H,15,17). The lowest BCUT2D eigenvalue weighted by atomic mass is 10.3. The first-order chi connectivity index (χ1) is 9.76. The zero-order valence-corrected chi connectivity index (χ0v) is 12.1. The summed E-state index contributed by atoms with van der Waals surface area (Å²) in [4.78, 5) is 6.86. The van der Waals surface area contributed by atoms with Crippen LogP contribution in [0.2, 0.25) is 5.02 Å². The van der Waals surface area contributed by atoms with E-state index in [4.69, 9.17) is 11.6 Å². The molecule has 1 aliphatic heterocycles. The van der Waals surface area contributed by atoms with E-state index in [9.17, 15) is 0 Å². The van der Waals surface area contributed by atoms with Gasteiger partial charge in [-0.3, -0.25) is 4.90 Å². The van der Waals surface area contributed by atoms with Crippen molar-refractivity contribution in [3.05, 3.63) is 35.0 Å². The molecule has 0 bridgehead atoms. The fourth-order valence-corrected chi connectivity index (χ4v) is 2.50. The number of pyridine rings is 1. The highest BCUT2D eigenvalue weighted by molar-refractivity contribution is 6.31. The Hall–Kier alpha value is -1.66. The normalized spacial score (nSPS) is 15.1. The summed E-state index contributed by atoms with van der Waals surface area (Å²) in [6.45, 7) is 6.27. The van der Waals surface area contributed by atoms with E-state index in [0.717, 1.165) is 50.1 Å². The molecule has 0 saturated heterocycles. The third kappa shape index (κ3) is 2.76. The molecule has 6 nitrogen and oxygen atoms in total. The van der Waals surface area contributed by atoms with E-state index in [1.54, 1.807) is 6.33 Å². The Balaban J connectivity index is 1.73. The molecule has 0 aromatic carbocycles. The van der Waals surface area contributed by atoms with E-state index in [1.807, 2.05) is 19.1 Å². The minimum Gasteiger partial charge on any atom is -0.370 e. The first-order valence-corrected chi connectivity index (χ1v) is 7.12. The van der Waals surface area contributed by atoms with Gasteiger partial charge in [0.25, 0.3) is 0 Å². The summed E-state index contributed by atoms with van der Waals surface area (Å²) in [5.74, 6) is 1.86. The van der Waals surface area contributed by atoms with Crippen LogP contribution in [0, 0.1) is 0 Å². The van der Waals surface area contributed by atoms with Crippen LogP contribution in [0.25, 0.3) is 0 Å². The van der Waals surface area contributed by atoms with Crippen LogP contribution in [-0.2, 0) is 19.6 Å². The topological polar surface area (TPSA) is 58.9 Å². The van der Waals surface area contributed by atoms with Crippen molar-refractivity contribution in [2.45, 2.75) is 26.6 Å². The lowest BCUT2D eigenvalue weighted by Crippen LogP contribution is -2.33. The number of rotatable bonds is 4. The molecule has 106 valence electrons. The van der Waals surface area contributed by atoms with Crippen LogP contribution in [0.5, 0.6) is 0 Å². The number of anilines is 1. The largest absolute Gasteiger partial charge is 0.370 e. The van der Waals surface area contributed by atoms with Gasteiger partial charge in [-0.2, -0.15) is 0 Å². The van der Waals surface area contributed by atoms with E-state index in [1.165, 1.54) is 0 Å². The van der Waals surface area contributed by atoms with Gasteiger partial charge in [-0.1, -0.05) is 11.6 Å². The number of hydrogen-bond acceptors (Lipinski definition) is 5. The van der Waals surface area contributed by atoms with Crippen LogP contribution in [0.4, 0.5) is 5.82 Å². The van der Waals surface area contributed by atoms with Crippen LogP contribution in [0.15, 0.2) is 18.5 Å². The second-order valence-electron chi connectivity index (χ2n) is 4.81. The fourth-order valence-electron chi connectivity index (χ4n) is 2.34. The van der Waals surface area contributed by atoms with Crippen molar-refractivity contribution in [1.82, 2.24) is 24.6 Å². The fraction of sp³-hybridized carbons (Fsp3) is 0.462. The summed E-state index contributed by atoms with van der Waals surface area (Å²) in [6, 6.07) is 3.80. The summed E-state index contributed by atoms with van der Waals surface area (Å²) < 4.78 is 2.08. The monoisotopic (exact) mass is 292 g/mol. The van der Waals surface area contributed by atoms with Crippen LogP contribution in [0.1, 0.15) is 18.4 Å². The van der Waals surface area contributed by atoms with Crippen LogP contribution < -0.4 is 5.32 Å². The summed E-state index contributed by atoms with van der Waals surface area (Å²) in [5.41, 5.74) is 0.901. The minimum absolute atomic E-state index is 0.707. The van der Waals surface area contributed by atoms with E-state index in [-0.39, 0.29) is 0 Å². The Morgan fingerprint density at radius 3 is 3.10 bits per heavy atom. The van der Waals surface area contributed by atoms with Crippen molar-refractivity contribution >= 4 is 17.4 Å². The summed E-state index contributed by atoms with van der Waals surface area (Å²) in [5, 5.41) is 12.0. The average Bonchev–Trinajstić information content (AvgIpc) is 2.90. The number of halogens is 1. The Morgan fingerprint density at radius 2 is 2.25 bits per heavy atom. The van der Waals surface area contributed by atoms with Gasteiger partial charge in [0.2, 0.25) is 0 Å². The molecule has 2 aromatic heterocycles. The lowest BCUT2D eigenvalue weighted by Gasteiger charge is -2.26. The van der Waals surface area contributed by atoms with E-state index in [2.05, 4.69) is 30.0 Å². The zero-order valence-electron chi connectivity index (χ0n) is 11.4. The van der Waals surface area contributed by atoms with Crippen molar-refractivity contribution < 1.29 is 0 Å². The molecule has 20 heavy (non-hydrogen) atoms. The zero-order chi connectivity index (χ0) is 13.9. The molecule has 1 aliphatic rings. The Labute approximate surface area is 122 Å². The molecule has 0 aliphatic carbocycles. The molecular formula is C13H17ClN6. The summed E-state index contributed by atoms with van der Waals surface area (Å²) >= 11 is 6.24. The molecular weight excluding hydrogens is 276 g/mol. The van der Waals surface area contributed by atoms with E-state index >= 15 is 0 Å². The van der Waals surface area contributed by atoms with Gasteiger partial charge in [0, 0.05) is 26.2 Å². The Kier molecular flexibility index (Phi) is 3.84. The molecule has 0 unspecified atom stereocenters.